The van der Waals surface area contributed by atoms with Crippen molar-refractivity contribution in [3.05, 3.63) is 60.9 Å². The molecule has 0 aliphatic heterocycles. The van der Waals surface area contributed by atoms with E-state index in [-0.39, 0.29) is 35.5 Å². The van der Waals surface area contributed by atoms with Crippen LogP contribution in [0.4, 0.5) is 24.9 Å². The predicted molar refractivity (Wildman–Crippen MR) is 166 cm³/mol. The van der Waals surface area contributed by atoms with Crippen molar-refractivity contribution in [2.45, 2.75) is 68.6 Å². The molecule has 4 heterocycles. The minimum absolute atomic E-state index is 0.0528. The number of amides is 1. The maximum atomic E-state index is 13.9. The summed E-state index contributed by atoms with van der Waals surface area (Å²) in [5.41, 5.74) is -0.349. The Hall–Kier alpha value is -4.77. The molecule has 0 bridgehead atoms. The average molecular weight is 672 g/mol. The van der Waals surface area contributed by atoms with Crippen LogP contribution >= 0.6 is 0 Å². The Morgan fingerprint density at radius 1 is 0.979 bits per heavy atom. The van der Waals surface area contributed by atoms with Crippen molar-refractivity contribution in [1.29, 1.82) is 0 Å². The number of sulfonamides is 1. The summed E-state index contributed by atoms with van der Waals surface area (Å²) < 4.78 is 70.2. The Morgan fingerprint density at radius 3 is 2.28 bits per heavy atom. The van der Waals surface area contributed by atoms with Gasteiger partial charge in [0.2, 0.25) is 21.9 Å². The van der Waals surface area contributed by atoms with E-state index in [1.807, 2.05) is 13.0 Å². The van der Waals surface area contributed by atoms with Crippen molar-refractivity contribution in [2.75, 3.05) is 17.3 Å². The zero-order chi connectivity index (χ0) is 33.8. The van der Waals surface area contributed by atoms with Crippen LogP contribution in [0.25, 0.3) is 22.4 Å². The van der Waals surface area contributed by atoms with E-state index in [1.165, 1.54) is 7.11 Å². The smallest absolute Gasteiger partial charge is 0.419 e. The summed E-state index contributed by atoms with van der Waals surface area (Å²) in [5.74, 6) is 0.406. The molecule has 0 aromatic carbocycles. The number of halogens is 3. The van der Waals surface area contributed by atoms with Gasteiger partial charge in [-0.1, -0.05) is 6.92 Å². The third-order valence-electron chi connectivity index (χ3n) is 7.68. The van der Waals surface area contributed by atoms with Gasteiger partial charge in [0.05, 0.1) is 12.8 Å². The highest BCUT2D eigenvalue weighted by molar-refractivity contribution is 7.89. The lowest BCUT2D eigenvalue weighted by atomic mass is 9.90. The molecule has 13 nitrogen and oxygen atoms in total. The molecule has 1 aliphatic rings. The molecule has 0 atom stereocenters. The predicted octanol–water partition coefficient (Wildman–Crippen LogP) is 4.62. The SMILES string of the molecule is CCCC(=O)N(c1ccc(-c2cnc(OC)nc2)cn1)C1CCC(Nc2ncc(C(F)(F)F)c(-c3cncc(S(N)(=O)=O)c3)n2)CC1. The van der Waals surface area contributed by atoms with E-state index in [0.29, 0.717) is 50.5 Å². The fraction of sp³-hybridized carbons (Fsp3) is 0.367. The monoisotopic (exact) mass is 671 g/mol. The second-order valence-corrected chi connectivity index (χ2v) is 12.5. The number of rotatable bonds is 10. The molecule has 1 aliphatic carbocycles. The topological polar surface area (TPSA) is 179 Å². The molecule has 1 fully saturated rings. The number of aromatic nitrogens is 6. The van der Waals surface area contributed by atoms with Gasteiger partial charge in [0, 0.05) is 72.4 Å². The van der Waals surface area contributed by atoms with E-state index >= 15 is 0 Å². The second-order valence-electron chi connectivity index (χ2n) is 10.9. The Bertz CT molecular complexity index is 1820. The number of pyridine rings is 2. The summed E-state index contributed by atoms with van der Waals surface area (Å²) in [7, 11) is -2.74. The highest BCUT2D eigenvalue weighted by atomic mass is 32.2. The molecule has 17 heteroatoms. The summed E-state index contributed by atoms with van der Waals surface area (Å²) in [6, 6.07) is 4.53. The van der Waals surface area contributed by atoms with Crippen LogP contribution in [0.3, 0.4) is 0 Å². The van der Waals surface area contributed by atoms with Gasteiger partial charge in [0.1, 0.15) is 16.3 Å². The van der Waals surface area contributed by atoms with E-state index < -0.39 is 32.4 Å². The van der Waals surface area contributed by atoms with Gasteiger partial charge >= 0.3 is 12.2 Å². The number of carbonyl (C=O) groups is 1. The lowest BCUT2D eigenvalue weighted by molar-refractivity contribution is -0.137. The number of nitrogens with zero attached hydrogens (tertiary/aromatic N) is 7. The number of alkyl halides is 3. The molecule has 0 spiro atoms. The minimum atomic E-state index is -4.81. The van der Waals surface area contributed by atoms with Gasteiger partial charge in [0.15, 0.2) is 0 Å². The summed E-state index contributed by atoms with van der Waals surface area (Å²) in [6.45, 7) is 1.93. The lowest BCUT2D eigenvalue weighted by Gasteiger charge is -2.36. The van der Waals surface area contributed by atoms with Gasteiger partial charge < -0.3 is 10.1 Å². The van der Waals surface area contributed by atoms with Crippen LogP contribution < -0.4 is 20.1 Å². The number of nitrogens with one attached hydrogen (secondary N) is 1. The molecule has 4 aromatic heterocycles. The van der Waals surface area contributed by atoms with Crippen molar-refractivity contribution >= 4 is 27.7 Å². The van der Waals surface area contributed by atoms with Crippen LogP contribution in [0, 0.1) is 0 Å². The number of hydrogen-bond donors (Lipinski definition) is 2. The molecular weight excluding hydrogens is 639 g/mol. The summed E-state index contributed by atoms with van der Waals surface area (Å²) in [5, 5.41) is 8.26. The van der Waals surface area contributed by atoms with E-state index in [4.69, 9.17) is 9.88 Å². The average Bonchev–Trinajstić information content (AvgIpc) is 3.05. The maximum absolute atomic E-state index is 13.9. The van der Waals surface area contributed by atoms with Crippen molar-refractivity contribution in [1.82, 2.24) is 29.9 Å². The van der Waals surface area contributed by atoms with Gasteiger partial charge in [0.25, 0.3) is 0 Å². The Morgan fingerprint density at radius 2 is 1.68 bits per heavy atom. The largest absolute Gasteiger partial charge is 0.467 e. The molecule has 3 N–H and O–H groups in total. The molecular formula is C30H32F3N9O4S. The number of anilines is 2. The number of methoxy groups -OCH3 is 1. The van der Waals surface area contributed by atoms with Crippen molar-refractivity contribution < 1.29 is 31.1 Å². The molecule has 0 unspecified atom stereocenters. The first-order chi connectivity index (χ1) is 22.4. The van der Waals surface area contributed by atoms with Crippen LogP contribution in [-0.4, -0.2) is 63.4 Å². The highest BCUT2D eigenvalue weighted by Crippen LogP contribution is 2.37. The van der Waals surface area contributed by atoms with E-state index in [0.717, 1.165) is 29.6 Å². The fourth-order valence-corrected chi connectivity index (χ4v) is 5.87. The standard InChI is InChI=1S/C30H32F3N9O4S/c1-3-4-26(43)42(25-10-5-18(13-36-25)20-14-38-29(46-2)39-15-20)22-8-6-21(7-9-22)40-28-37-17-24(30(31,32)33)27(41-28)19-11-23(16-35-12-19)47(34,44)45/h5,10-17,21-22H,3-4,6-9H2,1-2H3,(H2,34,44,45)(H,37,40,41). The normalized spacial score (nSPS) is 16.8. The van der Waals surface area contributed by atoms with Gasteiger partial charge in [-0.05, 0) is 50.3 Å². The van der Waals surface area contributed by atoms with Gasteiger partial charge in [-0.15, -0.1) is 0 Å². The zero-order valence-electron chi connectivity index (χ0n) is 25.5. The number of nitrogens with two attached hydrogens (primary N) is 1. The van der Waals surface area contributed by atoms with Crippen LogP contribution in [-0.2, 0) is 21.0 Å². The number of primary sulfonamides is 1. The van der Waals surface area contributed by atoms with E-state index in [9.17, 15) is 26.4 Å². The lowest BCUT2D eigenvalue weighted by Crippen LogP contribution is -2.44. The third kappa shape index (κ3) is 7.97. The zero-order valence-corrected chi connectivity index (χ0v) is 26.3. The van der Waals surface area contributed by atoms with Gasteiger partial charge in [-0.2, -0.15) is 13.2 Å². The molecule has 1 saturated carbocycles. The van der Waals surface area contributed by atoms with Crippen LogP contribution in [0.15, 0.2) is 60.3 Å². The van der Waals surface area contributed by atoms with Crippen LogP contribution in [0.1, 0.15) is 51.0 Å². The molecule has 47 heavy (non-hydrogen) atoms. The maximum Gasteiger partial charge on any atom is 0.419 e. The Balaban J connectivity index is 1.32. The number of carbonyl (C=O) groups excluding carboxylic acids is 1. The molecule has 0 radical (unpaired) electrons. The molecule has 4 aromatic rings. The van der Waals surface area contributed by atoms with E-state index in [2.05, 4.69) is 35.2 Å². The molecule has 0 saturated heterocycles. The van der Waals surface area contributed by atoms with E-state index in [1.54, 1.807) is 29.6 Å². The molecule has 5 rings (SSSR count). The summed E-state index contributed by atoms with van der Waals surface area (Å²) in [6.07, 6.45) is 6.11. The quantitative estimate of drug-likeness (QED) is 0.240. The van der Waals surface area contributed by atoms with Crippen LogP contribution in [0.2, 0.25) is 0 Å². The first kappa shape index (κ1) is 33.6. The first-order valence-corrected chi connectivity index (χ1v) is 16.3. The first-order valence-electron chi connectivity index (χ1n) is 14.7. The molecule has 1 amide bonds. The van der Waals surface area contributed by atoms with Crippen LogP contribution in [0.5, 0.6) is 6.01 Å². The van der Waals surface area contributed by atoms with Crippen molar-refractivity contribution in [3.8, 4) is 28.4 Å². The number of hydrogen-bond acceptors (Lipinski definition) is 11. The second kappa shape index (κ2) is 13.9. The number of ether oxygens (including phenoxy) is 1. The Kier molecular flexibility index (Phi) is 9.95. The highest BCUT2D eigenvalue weighted by Gasteiger charge is 2.36. The minimum Gasteiger partial charge on any atom is -0.467 e. The third-order valence-corrected chi connectivity index (χ3v) is 8.56. The summed E-state index contributed by atoms with van der Waals surface area (Å²) in [4.78, 5) is 39.2. The Labute approximate surface area is 268 Å². The van der Waals surface area contributed by atoms with Gasteiger partial charge in [-0.3, -0.25) is 14.7 Å². The summed E-state index contributed by atoms with van der Waals surface area (Å²) >= 11 is 0. The van der Waals surface area contributed by atoms with Crippen molar-refractivity contribution in [2.24, 2.45) is 5.14 Å². The molecule has 248 valence electrons. The fourth-order valence-electron chi connectivity index (χ4n) is 5.37. The van der Waals surface area contributed by atoms with Crippen molar-refractivity contribution in [3.63, 3.8) is 0 Å². The van der Waals surface area contributed by atoms with Gasteiger partial charge in [-0.25, -0.2) is 38.5 Å².